The van der Waals surface area contributed by atoms with Crippen LogP contribution in [0.2, 0.25) is 0 Å². The second kappa shape index (κ2) is 5.43. The van der Waals surface area contributed by atoms with E-state index < -0.39 is 0 Å². The number of rotatable bonds is 3. The van der Waals surface area contributed by atoms with Crippen LogP contribution in [0.15, 0.2) is 24.3 Å². The molecule has 100 valence electrons. The summed E-state index contributed by atoms with van der Waals surface area (Å²) in [5, 5.41) is 3.72. The van der Waals surface area contributed by atoms with E-state index in [-0.39, 0.29) is 16.9 Å². The summed E-state index contributed by atoms with van der Waals surface area (Å²) >= 11 is 3.39. The maximum atomic E-state index is 12.0. The number of carbonyl (C=O) groups excluding carboxylic acids is 1. The lowest BCUT2D eigenvalue weighted by molar-refractivity contribution is 0.0921. The van der Waals surface area contributed by atoms with Gasteiger partial charge in [0.2, 0.25) is 0 Å². The van der Waals surface area contributed by atoms with Crippen LogP contribution in [0.4, 0.5) is 0 Å². The van der Waals surface area contributed by atoms with Gasteiger partial charge in [0.15, 0.2) is 0 Å². The van der Waals surface area contributed by atoms with Gasteiger partial charge in [0.1, 0.15) is 0 Å². The van der Waals surface area contributed by atoms with Gasteiger partial charge in [-0.2, -0.15) is 0 Å². The van der Waals surface area contributed by atoms with Crippen molar-refractivity contribution in [2.24, 2.45) is 0 Å². The van der Waals surface area contributed by atoms with Gasteiger partial charge in [-0.15, -0.1) is 0 Å². The molecule has 1 N–H and O–H groups in total. The van der Waals surface area contributed by atoms with Crippen molar-refractivity contribution >= 4 is 21.8 Å². The molecule has 0 fully saturated rings. The van der Waals surface area contributed by atoms with Gasteiger partial charge in [0, 0.05) is 16.4 Å². The summed E-state index contributed by atoms with van der Waals surface area (Å²) in [5.74, 6) is -0.0279. The minimum atomic E-state index is -0.236. The van der Waals surface area contributed by atoms with Crippen molar-refractivity contribution in [2.45, 2.75) is 45.6 Å². The Bertz CT molecular complexity index is 415. The van der Waals surface area contributed by atoms with Gasteiger partial charge in [0.25, 0.3) is 5.91 Å². The third-order valence-corrected chi connectivity index (χ3v) is 4.20. The number of hydrogen-bond donors (Lipinski definition) is 1. The Hall–Kier alpha value is -0.830. The molecule has 0 aromatic heterocycles. The zero-order chi connectivity index (χ0) is 14.0. The third-order valence-electron chi connectivity index (χ3n) is 2.80. The molecule has 0 saturated carbocycles. The normalized spacial score (nSPS) is 12.3. The zero-order valence-corrected chi connectivity index (χ0v) is 13.4. The van der Waals surface area contributed by atoms with E-state index in [4.69, 9.17) is 0 Å². The standard InChI is InChI=1S/C15H22BrNO/c1-14(2,3)12-8-6-11(7-9-12)13(18)17-15(4,5)10-16/h6-9H,10H2,1-5H3,(H,17,18). The highest BCUT2D eigenvalue weighted by Gasteiger charge is 2.20. The molecule has 1 aromatic carbocycles. The highest BCUT2D eigenvalue weighted by atomic mass is 79.9. The fourth-order valence-corrected chi connectivity index (χ4v) is 1.67. The Balaban J connectivity index is 2.83. The summed E-state index contributed by atoms with van der Waals surface area (Å²) in [7, 11) is 0. The molecule has 18 heavy (non-hydrogen) atoms. The Kier molecular flexibility index (Phi) is 4.60. The molecular formula is C15H22BrNO. The molecule has 0 unspecified atom stereocenters. The summed E-state index contributed by atoms with van der Waals surface area (Å²) < 4.78 is 0. The van der Waals surface area contributed by atoms with E-state index >= 15 is 0 Å². The first-order valence-corrected chi connectivity index (χ1v) is 7.27. The van der Waals surface area contributed by atoms with Gasteiger partial charge in [-0.25, -0.2) is 0 Å². The Labute approximate surface area is 118 Å². The highest BCUT2D eigenvalue weighted by molar-refractivity contribution is 9.09. The quantitative estimate of drug-likeness (QED) is 0.843. The van der Waals surface area contributed by atoms with Crippen molar-refractivity contribution in [3.8, 4) is 0 Å². The average molecular weight is 312 g/mol. The minimum Gasteiger partial charge on any atom is -0.346 e. The molecule has 0 radical (unpaired) electrons. The highest BCUT2D eigenvalue weighted by Crippen LogP contribution is 2.22. The molecule has 0 spiro atoms. The van der Waals surface area contributed by atoms with E-state index in [1.54, 1.807) is 0 Å². The second-order valence-electron chi connectivity index (χ2n) is 6.30. The van der Waals surface area contributed by atoms with Crippen LogP contribution < -0.4 is 5.32 Å². The molecule has 0 aliphatic heterocycles. The molecule has 0 saturated heterocycles. The monoisotopic (exact) mass is 311 g/mol. The smallest absolute Gasteiger partial charge is 0.251 e. The van der Waals surface area contributed by atoms with Crippen LogP contribution >= 0.6 is 15.9 Å². The van der Waals surface area contributed by atoms with Gasteiger partial charge in [-0.05, 0) is 37.0 Å². The number of amides is 1. The van der Waals surface area contributed by atoms with E-state index in [1.807, 2.05) is 38.1 Å². The number of benzene rings is 1. The topological polar surface area (TPSA) is 29.1 Å². The fourth-order valence-electron chi connectivity index (χ4n) is 1.53. The first kappa shape index (κ1) is 15.2. The number of alkyl halides is 1. The lowest BCUT2D eigenvalue weighted by Gasteiger charge is -2.24. The number of hydrogen-bond acceptors (Lipinski definition) is 1. The molecule has 0 aliphatic rings. The Morgan fingerprint density at radius 1 is 1.11 bits per heavy atom. The van der Waals surface area contributed by atoms with E-state index in [2.05, 4.69) is 42.0 Å². The van der Waals surface area contributed by atoms with E-state index in [1.165, 1.54) is 5.56 Å². The predicted octanol–water partition coefficient (Wildman–Crippen LogP) is 3.89. The summed E-state index contributed by atoms with van der Waals surface area (Å²) in [6.07, 6.45) is 0. The Morgan fingerprint density at radius 2 is 1.61 bits per heavy atom. The number of halogens is 1. The summed E-state index contributed by atoms with van der Waals surface area (Å²) in [4.78, 5) is 12.0. The zero-order valence-electron chi connectivity index (χ0n) is 11.8. The van der Waals surface area contributed by atoms with Crippen molar-refractivity contribution in [3.05, 3.63) is 35.4 Å². The van der Waals surface area contributed by atoms with Gasteiger partial charge in [-0.1, -0.05) is 48.8 Å². The second-order valence-corrected chi connectivity index (χ2v) is 6.86. The SMILES string of the molecule is CC(C)(CBr)NC(=O)c1ccc(C(C)(C)C)cc1. The van der Waals surface area contributed by atoms with E-state index in [9.17, 15) is 4.79 Å². The number of carbonyl (C=O) groups is 1. The summed E-state index contributed by atoms with van der Waals surface area (Å²) in [6.45, 7) is 10.5. The maximum Gasteiger partial charge on any atom is 0.251 e. The molecule has 0 heterocycles. The maximum absolute atomic E-state index is 12.0. The van der Waals surface area contributed by atoms with Crippen molar-refractivity contribution in [2.75, 3.05) is 5.33 Å². The largest absolute Gasteiger partial charge is 0.346 e. The van der Waals surface area contributed by atoms with Crippen molar-refractivity contribution < 1.29 is 4.79 Å². The molecule has 1 rings (SSSR count). The first-order valence-electron chi connectivity index (χ1n) is 6.15. The average Bonchev–Trinajstić information content (AvgIpc) is 2.27. The van der Waals surface area contributed by atoms with Crippen molar-refractivity contribution in [1.29, 1.82) is 0 Å². The van der Waals surface area contributed by atoms with Crippen LogP contribution in [0.3, 0.4) is 0 Å². The van der Waals surface area contributed by atoms with Crippen LogP contribution in [-0.2, 0) is 5.41 Å². The predicted molar refractivity (Wildman–Crippen MR) is 80.5 cm³/mol. The molecular weight excluding hydrogens is 290 g/mol. The summed E-state index contributed by atoms with van der Waals surface area (Å²) in [6, 6.07) is 7.83. The lowest BCUT2D eigenvalue weighted by atomic mass is 9.86. The fraction of sp³-hybridized carbons (Fsp3) is 0.533. The van der Waals surface area contributed by atoms with Crippen LogP contribution in [0.1, 0.15) is 50.5 Å². The molecule has 2 nitrogen and oxygen atoms in total. The molecule has 1 aromatic rings. The number of nitrogens with one attached hydrogen (secondary N) is 1. The van der Waals surface area contributed by atoms with Crippen LogP contribution in [-0.4, -0.2) is 16.8 Å². The van der Waals surface area contributed by atoms with Crippen LogP contribution in [0.25, 0.3) is 0 Å². The minimum absolute atomic E-state index is 0.0279. The molecule has 0 aliphatic carbocycles. The van der Waals surface area contributed by atoms with Gasteiger partial charge in [-0.3, -0.25) is 4.79 Å². The van der Waals surface area contributed by atoms with Crippen molar-refractivity contribution in [1.82, 2.24) is 5.32 Å². The van der Waals surface area contributed by atoms with E-state index in [0.717, 1.165) is 5.33 Å². The molecule has 3 heteroatoms. The molecule has 0 atom stereocenters. The third kappa shape index (κ3) is 4.13. The van der Waals surface area contributed by atoms with Gasteiger partial charge in [0.05, 0.1) is 0 Å². The van der Waals surface area contributed by atoms with Crippen LogP contribution in [0, 0.1) is 0 Å². The van der Waals surface area contributed by atoms with Crippen molar-refractivity contribution in [3.63, 3.8) is 0 Å². The summed E-state index contributed by atoms with van der Waals surface area (Å²) in [5.41, 5.74) is 1.82. The van der Waals surface area contributed by atoms with Gasteiger partial charge >= 0.3 is 0 Å². The Morgan fingerprint density at radius 3 is 2.00 bits per heavy atom. The molecule has 1 amide bonds. The van der Waals surface area contributed by atoms with Gasteiger partial charge < -0.3 is 5.32 Å². The molecule has 0 bridgehead atoms. The first-order chi connectivity index (χ1) is 8.15. The van der Waals surface area contributed by atoms with Crippen LogP contribution in [0.5, 0.6) is 0 Å². The lowest BCUT2D eigenvalue weighted by Crippen LogP contribution is -2.44. The van der Waals surface area contributed by atoms with E-state index in [0.29, 0.717) is 5.56 Å².